The Morgan fingerprint density at radius 3 is 2.96 bits per heavy atom. The van der Waals surface area contributed by atoms with Gasteiger partial charge in [0.1, 0.15) is 11.3 Å². The lowest BCUT2D eigenvalue weighted by atomic mass is 10.2. The molecule has 7 nitrogen and oxygen atoms in total. The van der Waals surface area contributed by atoms with Gasteiger partial charge in [-0.15, -0.1) is 5.10 Å². The quantitative estimate of drug-likeness (QED) is 0.731. The molecular formula is C18H22N6O. The number of aromatic nitrogens is 5. The topological polar surface area (TPSA) is 68.8 Å². The highest BCUT2D eigenvalue weighted by molar-refractivity contribution is 5.77. The van der Waals surface area contributed by atoms with E-state index < -0.39 is 0 Å². The fourth-order valence-electron chi connectivity index (χ4n) is 3.71. The summed E-state index contributed by atoms with van der Waals surface area (Å²) < 4.78 is 3.85. The van der Waals surface area contributed by atoms with E-state index in [9.17, 15) is 4.79 Å². The Kier molecular flexibility index (Phi) is 3.99. The van der Waals surface area contributed by atoms with Crippen LogP contribution in [0.1, 0.15) is 36.8 Å². The summed E-state index contributed by atoms with van der Waals surface area (Å²) in [6.07, 6.45) is 4.43. The van der Waals surface area contributed by atoms with Crippen LogP contribution < -0.4 is 0 Å². The smallest absolute Gasteiger partial charge is 0.225 e. The Hall–Kier alpha value is -2.70. The molecule has 0 spiro atoms. The predicted molar refractivity (Wildman–Crippen MR) is 93.8 cm³/mol. The van der Waals surface area contributed by atoms with Gasteiger partial charge in [-0.2, -0.15) is 0 Å². The van der Waals surface area contributed by atoms with E-state index in [1.54, 1.807) is 0 Å². The molecule has 1 fully saturated rings. The monoisotopic (exact) mass is 338 g/mol. The van der Waals surface area contributed by atoms with E-state index in [-0.39, 0.29) is 11.9 Å². The number of imidazole rings is 1. The molecule has 3 aromatic rings. The number of para-hydroxylation sites is 1. The molecule has 1 aliphatic heterocycles. The molecule has 1 amide bonds. The maximum atomic E-state index is 12.8. The molecule has 4 rings (SSSR count). The molecule has 0 aliphatic carbocycles. The molecule has 1 saturated heterocycles. The second kappa shape index (κ2) is 6.31. The van der Waals surface area contributed by atoms with E-state index in [0.717, 1.165) is 41.9 Å². The summed E-state index contributed by atoms with van der Waals surface area (Å²) in [4.78, 5) is 19.4. The van der Waals surface area contributed by atoms with Crippen molar-refractivity contribution < 1.29 is 4.79 Å². The molecule has 1 aromatic carbocycles. The van der Waals surface area contributed by atoms with Crippen molar-refractivity contribution >= 4 is 16.9 Å². The number of hydrogen-bond acceptors (Lipinski definition) is 4. The van der Waals surface area contributed by atoms with E-state index in [2.05, 4.69) is 15.3 Å². The van der Waals surface area contributed by atoms with E-state index in [1.807, 2.05) is 58.6 Å². The van der Waals surface area contributed by atoms with Gasteiger partial charge in [0.15, 0.2) is 0 Å². The lowest BCUT2D eigenvalue weighted by Gasteiger charge is -2.24. The first kappa shape index (κ1) is 15.8. The zero-order chi connectivity index (χ0) is 17.4. The minimum Gasteiger partial charge on any atom is -0.336 e. The molecule has 0 unspecified atom stereocenters. The summed E-state index contributed by atoms with van der Waals surface area (Å²) in [5.74, 6) is 1.14. The molecule has 1 aliphatic rings. The average molecular weight is 338 g/mol. The van der Waals surface area contributed by atoms with Gasteiger partial charge in [0, 0.05) is 26.2 Å². The van der Waals surface area contributed by atoms with Crippen molar-refractivity contribution in [3.63, 3.8) is 0 Å². The lowest BCUT2D eigenvalue weighted by molar-refractivity contribution is -0.132. The van der Waals surface area contributed by atoms with Crippen LogP contribution in [0.15, 0.2) is 30.5 Å². The summed E-state index contributed by atoms with van der Waals surface area (Å²) in [7, 11) is 2.00. The normalized spacial score (nSPS) is 17.5. The Balaban J connectivity index is 1.48. The zero-order valence-electron chi connectivity index (χ0n) is 14.6. The zero-order valence-corrected chi connectivity index (χ0v) is 14.6. The number of amides is 1. The molecule has 3 heterocycles. The van der Waals surface area contributed by atoms with Crippen LogP contribution in [0.25, 0.3) is 11.0 Å². The molecule has 25 heavy (non-hydrogen) atoms. The molecular weight excluding hydrogens is 316 g/mol. The number of fused-ring (bicyclic) bond motifs is 1. The lowest BCUT2D eigenvalue weighted by Crippen LogP contribution is -2.32. The van der Waals surface area contributed by atoms with Gasteiger partial charge in [0.2, 0.25) is 5.91 Å². The van der Waals surface area contributed by atoms with Gasteiger partial charge in [-0.3, -0.25) is 4.79 Å². The van der Waals surface area contributed by atoms with Gasteiger partial charge in [0.05, 0.1) is 23.8 Å². The number of aryl methyl sites for hydroxylation is 3. The third-order valence-corrected chi connectivity index (χ3v) is 4.86. The van der Waals surface area contributed by atoms with Crippen molar-refractivity contribution in [2.45, 2.75) is 38.8 Å². The summed E-state index contributed by atoms with van der Waals surface area (Å²) in [5, 5.41) is 8.31. The third kappa shape index (κ3) is 2.90. The van der Waals surface area contributed by atoms with Crippen LogP contribution in [-0.4, -0.2) is 41.9 Å². The summed E-state index contributed by atoms with van der Waals surface area (Å²) in [6.45, 7) is 3.33. The second-order valence-corrected chi connectivity index (χ2v) is 6.65. The standard InChI is InChI=1S/C18H22N6O/c1-13-12-22(2)18(19-13)16-8-5-10-23(16)17(25)9-11-24-15-7-4-3-6-14(15)20-21-24/h3-4,6-7,12,16H,5,8-11H2,1-2H3/t16-/m1/s1. The Morgan fingerprint density at radius 2 is 2.16 bits per heavy atom. The Morgan fingerprint density at radius 1 is 1.32 bits per heavy atom. The second-order valence-electron chi connectivity index (χ2n) is 6.65. The van der Waals surface area contributed by atoms with Crippen molar-refractivity contribution in [3.05, 3.63) is 42.0 Å². The van der Waals surface area contributed by atoms with Crippen LogP contribution in [0, 0.1) is 6.92 Å². The highest BCUT2D eigenvalue weighted by atomic mass is 16.2. The van der Waals surface area contributed by atoms with Crippen LogP contribution in [-0.2, 0) is 18.4 Å². The first-order valence-electron chi connectivity index (χ1n) is 8.71. The fourth-order valence-corrected chi connectivity index (χ4v) is 3.71. The number of carbonyl (C=O) groups excluding carboxylic acids is 1. The minimum absolute atomic E-state index is 0.0821. The van der Waals surface area contributed by atoms with E-state index in [1.165, 1.54) is 0 Å². The van der Waals surface area contributed by atoms with Gasteiger partial charge >= 0.3 is 0 Å². The van der Waals surface area contributed by atoms with Gasteiger partial charge in [-0.1, -0.05) is 17.3 Å². The Labute approximate surface area is 146 Å². The van der Waals surface area contributed by atoms with Crippen LogP contribution in [0.2, 0.25) is 0 Å². The predicted octanol–water partition coefficient (Wildman–Crippen LogP) is 2.23. The number of likely N-dealkylation sites (tertiary alicyclic amines) is 1. The minimum atomic E-state index is 0.0821. The number of hydrogen-bond donors (Lipinski definition) is 0. The molecule has 0 saturated carbocycles. The fraction of sp³-hybridized carbons (Fsp3) is 0.444. The maximum absolute atomic E-state index is 12.8. The van der Waals surface area contributed by atoms with E-state index >= 15 is 0 Å². The van der Waals surface area contributed by atoms with Crippen LogP contribution >= 0.6 is 0 Å². The van der Waals surface area contributed by atoms with Gasteiger partial charge in [-0.25, -0.2) is 9.67 Å². The van der Waals surface area contributed by atoms with Gasteiger partial charge in [0.25, 0.3) is 0 Å². The summed E-state index contributed by atoms with van der Waals surface area (Å²) in [6, 6.07) is 7.90. The third-order valence-electron chi connectivity index (χ3n) is 4.86. The molecule has 0 radical (unpaired) electrons. The van der Waals surface area contributed by atoms with Gasteiger partial charge < -0.3 is 9.47 Å². The highest BCUT2D eigenvalue weighted by Gasteiger charge is 2.32. The van der Waals surface area contributed by atoms with Crippen LogP contribution in [0.3, 0.4) is 0 Å². The van der Waals surface area contributed by atoms with Crippen molar-refractivity contribution in [2.75, 3.05) is 6.54 Å². The number of nitrogens with zero attached hydrogens (tertiary/aromatic N) is 6. The van der Waals surface area contributed by atoms with Crippen molar-refractivity contribution in [1.82, 2.24) is 29.4 Å². The van der Waals surface area contributed by atoms with E-state index in [4.69, 9.17) is 0 Å². The molecule has 130 valence electrons. The van der Waals surface area contributed by atoms with E-state index in [0.29, 0.717) is 13.0 Å². The van der Waals surface area contributed by atoms with Gasteiger partial charge in [-0.05, 0) is 31.9 Å². The maximum Gasteiger partial charge on any atom is 0.225 e. The number of rotatable bonds is 4. The number of carbonyl (C=O) groups is 1. The Bertz CT molecular complexity index is 911. The molecule has 0 N–H and O–H groups in total. The summed E-state index contributed by atoms with van der Waals surface area (Å²) >= 11 is 0. The van der Waals surface area contributed by atoms with Crippen molar-refractivity contribution in [1.29, 1.82) is 0 Å². The average Bonchev–Trinajstić information content (AvgIpc) is 3.31. The first-order valence-corrected chi connectivity index (χ1v) is 8.71. The SMILES string of the molecule is Cc1cn(C)c([C@H]2CCCN2C(=O)CCn2nnc3ccccc32)n1. The molecule has 1 atom stereocenters. The van der Waals surface area contributed by atoms with Crippen molar-refractivity contribution in [2.24, 2.45) is 7.05 Å². The summed E-state index contributed by atoms with van der Waals surface area (Å²) in [5.41, 5.74) is 2.82. The number of benzene rings is 1. The van der Waals surface area contributed by atoms with Crippen LogP contribution in [0.4, 0.5) is 0 Å². The van der Waals surface area contributed by atoms with Crippen LogP contribution in [0.5, 0.6) is 0 Å². The molecule has 2 aromatic heterocycles. The highest BCUT2D eigenvalue weighted by Crippen LogP contribution is 2.31. The van der Waals surface area contributed by atoms with Crippen molar-refractivity contribution in [3.8, 4) is 0 Å². The largest absolute Gasteiger partial charge is 0.336 e. The molecule has 7 heteroatoms. The molecule has 0 bridgehead atoms. The first-order chi connectivity index (χ1) is 12.1.